The fourth-order valence-corrected chi connectivity index (χ4v) is 1.88. The molecule has 2 aliphatic rings. The van der Waals surface area contributed by atoms with Gasteiger partial charge in [-0.3, -0.25) is 9.59 Å². The number of carbonyl (C=O) groups is 2. The summed E-state index contributed by atoms with van der Waals surface area (Å²) in [7, 11) is 0. The zero-order chi connectivity index (χ0) is 11.2. The number of aliphatic carboxylic acids is 1. The van der Waals surface area contributed by atoms with Gasteiger partial charge in [-0.25, -0.2) is 0 Å². The molecule has 1 amide bonds. The average Bonchev–Trinajstić information content (AvgIpc) is 2.90. The van der Waals surface area contributed by atoms with Crippen molar-refractivity contribution >= 4 is 11.9 Å². The topological polar surface area (TPSA) is 98.1 Å². The van der Waals surface area contributed by atoms with Gasteiger partial charge in [0.15, 0.2) is 0 Å². The predicted molar refractivity (Wildman–Crippen MR) is 47.9 cm³/mol. The molecule has 1 aliphatic heterocycles. The molecule has 1 saturated heterocycles. The number of carbonyl (C=O) groups excluding carboxylic acids is 1. The summed E-state index contributed by atoms with van der Waals surface area (Å²) in [5.41, 5.74) is -1.27. The minimum Gasteiger partial charge on any atom is -0.480 e. The molecular weight excluding hydrogens is 202 g/mol. The van der Waals surface area contributed by atoms with Crippen LogP contribution in [0.15, 0.2) is 0 Å². The third-order valence-corrected chi connectivity index (χ3v) is 3.12. The highest BCUT2D eigenvalue weighted by Crippen LogP contribution is 2.47. The quantitative estimate of drug-likeness (QED) is 0.483. The van der Waals surface area contributed by atoms with Gasteiger partial charge in [0.1, 0.15) is 5.41 Å². The number of β-amino-alcohol motifs (C(OH)–C–C–N with tert-alkyl or cyclic N) is 2. The van der Waals surface area contributed by atoms with Crippen molar-refractivity contribution in [3.8, 4) is 0 Å². The van der Waals surface area contributed by atoms with Crippen LogP contribution in [0.3, 0.4) is 0 Å². The molecule has 0 aromatic heterocycles. The molecule has 2 fully saturated rings. The van der Waals surface area contributed by atoms with Gasteiger partial charge in [0.25, 0.3) is 0 Å². The summed E-state index contributed by atoms with van der Waals surface area (Å²) in [6.45, 7) is 0.0457. The van der Waals surface area contributed by atoms with Crippen molar-refractivity contribution in [3.05, 3.63) is 0 Å². The molecule has 6 heteroatoms. The van der Waals surface area contributed by atoms with Crippen LogP contribution in [0.1, 0.15) is 12.8 Å². The Kier molecular flexibility index (Phi) is 2.20. The summed E-state index contributed by atoms with van der Waals surface area (Å²) in [4.78, 5) is 23.9. The van der Waals surface area contributed by atoms with Crippen molar-refractivity contribution in [1.82, 2.24) is 4.90 Å². The number of carboxylic acids is 1. The normalized spacial score (nSPS) is 32.8. The Balaban J connectivity index is 2.07. The van der Waals surface area contributed by atoms with Gasteiger partial charge in [-0.05, 0) is 12.8 Å². The number of carboxylic acid groups (broad SMARTS) is 1. The zero-order valence-electron chi connectivity index (χ0n) is 8.09. The zero-order valence-corrected chi connectivity index (χ0v) is 8.09. The molecule has 3 N–H and O–H groups in total. The van der Waals surface area contributed by atoms with Crippen LogP contribution in [0.4, 0.5) is 0 Å². The standard InChI is InChI=1S/C9H13NO5/c11-5-3-10(4-6(5)12)7(13)9(1-2-9)8(14)15/h5-6,11-12H,1-4H2,(H,14,15). The molecule has 84 valence electrons. The van der Waals surface area contributed by atoms with Gasteiger partial charge in [-0.2, -0.15) is 0 Å². The van der Waals surface area contributed by atoms with E-state index in [-0.39, 0.29) is 13.1 Å². The van der Waals surface area contributed by atoms with Gasteiger partial charge in [0.2, 0.25) is 5.91 Å². The molecule has 1 saturated carbocycles. The van der Waals surface area contributed by atoms with Gasteiger partial charge < -0.3 is 20.2 Å². The first kappa shape index (κ1) is 10.4. The maximum atomic E-state index is 11.8. The van der Waals surface area contributed by atoms with Crippen molar-refractivity contribution in [2.45, 2.75) is 25.0 Å². The lowest BCUT2D eigenvalue weighted by molar-refractivity contribution is -0.153. The number of nitrogens with zero attached hydrogens (tertiary/aromatic N) is 1. The molecule has 6 nitrogen and oxygen atoms in total. The van der Waals surface area contributed by atoms with Crippen LogP contribution in [0.2, 0.25) is 0 Å². The number of hydrogen-bond acceptors (Lipinski definition) is 4. The summed E-state index contributed by atoms with van der Waals surface area (Å²) < 4.78 is 0. The van der Waals surface area contributed by atoms with Crippen molar-refractivity contribution in [2.24, 2.45) is 5.41 Å². The minimum absolute atomic E-state index is 0.0228. The van der Waals surface area contributed by atoms with E-state index in [1.54, 1.807) is 0 Å². The predicted octanol–water partition coefficient (Wildman–Crippen LogP) is -1.58. The second-order valence-electron chi connectivity index (χ2n) is 4.23. The van der Waals surface area contributed by atoms with E-state index in [0.29, 0.717) is 12.8 Å². The Morgan fingerprint density at radius 3 is 1.93 bits per heavy atom. The lowest BCUT2D eigenvalue weighted by Crippen LogP contribution is -2.40. The minimum atomic E-state index is -1.27. The van der Waals surface area contributed by atoms with Gasteiger partial charge in [0, 0.05) is 13.1 Å². The number of rotatable bonds is 2. The number of aliphatic hydroxyl groups is 2. The molecule has 2 unspecified atom stereocenters. The number of likely N-dealkylation sites (tertiary alicyclic amines) is 1. The lowest BCUT2D eigenvalue weighted by atomic mass is 10.1. The van der Waals surface area contributed by atoms with E-state index >= 15 is 0 Å². The van der Waals surface area contributed by atoms with Crippen LogP contribution in [0, 0.1) is 5.41 Å². The van der Waals surface area contributed by atoms with Crippen molar-refractivity contribution < 1.29 is 24.9 Å². The first-order valence-corrected chi connectivity index (χ1v) is 4.86. The van der Waals surface area contributed by atoms with Gasteiger partial charge >= 0.3 is 5.97 Å². The largest absolute Gasteiger partial charge is 0.480 e. The molecule has 0 bridgehead atoms. The Hall–Kier alpha value is -1.14. The SMILES string of the molecule is O=C(O)C1(C(=O)N2CC(O)C(O)C2)CC1. The van der Waals surface area contributed by atoms with E-state index in [2.05, 4.69) is 0 Å². The first-order valence-electron chi connectivity index (χ1n) is 4.86. The molecule has 0 aromatic carbocycles. The molecule has 0 radical (unpaired) electrons. The molecule has 2 atom stereocenters. The third-order valence-electron chi connectivity index (χ3n) is 3.12. The Bertz CT molecular complexity index is 302. The number of hydrogen-bond donors (Lipinski definition) is 3. The smallest absolute Gasteiger partial charge is 0.319 e. The van der Waals surface area contributed by atoms with E-state index in [1.807, 2.05) is 0 Å². The maximum Gasteiger partial charge on any atom is 0.319 e. The Morgan fingerprint density at radius 2 is 1.60 bits per heavy atom. The van der Waals surface area contributed by atoms with E-state index < -0.39 is 29.5 Å². The highest BCUT2D eigenvalue weighted by molar-refractivity contribution is 6.04. The molecule has 0 spiro atoms. The maximum absolute atomic E-state index is 11.8. The molecule has 1 heterocycles. The second kappa shape index (κ2) is 3.18. The van der Waals surface area contributed by atoms with Crippen LogP contribution in [0.25, 0.3) is 0 Å². The summed E-state index contributed by atoms with van der Waals surface area (Å²) in [5, 5.41) is 27.4. The summed E-state index contributed by atoms with van der Waals surface area (Å²) in [6, 6.07) is 0. The van der Waals surface area contributed by atoms with Crippen molar-refractivity contribution in [2.75, 3.05) is 13.1 Å². The highest BCUT2D eigenvalue weighted by atomic mass is 16.4. The van der Waals surface area contributed by atoms with Crippen LogP contribution in [-0.2, 0) is 9.59 Å². The first-order chi connectivity index (χ1) is 6.97. The average molecular weight is 215 g/mol. The molecule has 1 aliphatic carbocycles. The number of aliphatic hydroxyl groups excluding tert-OH is 2. The van der Waals surface area contributed by atoms with Crippen LogP contribution in [0.5, 0.6) is 0 Å². The molecule has 2 rings (SSSR count). The van der Waals surface area contributed by atoms with E-state index in [9.17, 15) is 19.8 Å². The summed E-state index contributed by atoms with van der Waals surface area (Å²) in [6.07, 6.45) is -1.22. The van der Waals surface area contributed by atoms with Gasteiger partial charge in [0.05, 0.1) is 12.2 Å². The van der Waals surface area contributed by atoms with Gasteiger partial charge in [-0.15, -0.1) is 0 Å². The third kappa shape index (κ3) is 1.49. The number of amides is 1. The summed E-state index contributed by atoms with van der Waals surface area (Å²) in [5.74, 6) is -1.59. The van der Waals surface area contributed by atoms with E-state index in [0.717, 1.165) is 0 Å². The van der Waals surface area contributed by atoms with Crippen LogP contribution in [-0.4, -0.2) is 57.4 Å². The lowest BCUT2D eigenvalue weighted by Gasteiger charge is -2.19. The Morgan fingerprint density at radius 1 is 1.13 bits per heavy atom. The van der Waals surface area contributed by atoms with Crippen molar-refractivity contribution in [3.63, 3.8) is 0 Å². The van der Waals surface area contributed by atoms with Crippen LogP contribution >= 0.6 is 0 Å². The fourth-order valence-electron chi connectivity index (χ4n) is 1.88. The molecular formula is C9H13NO5. The Labute approximate surface area is 86.1 Å². The van der Waals surface area contributed by atoms with E-state index in [4.69, 9.17) is 5.11 Å². The van der Waals surface area contributed by atoms with Crippen LogP contribution < -0.4 is 0 Å². The molecule has 15 heavy (non-hydrogen) atoms. The molecule has 0 aromatic rings. The highest BCUT2D eigenvalue weighted by Gasteiger charge is 2.59. The second-order valence-corrected chi connectivity index (χ2v) is 4.23. The van der Waals surface area contributed by atoms with Gasteiger partial charge in [-0.1, -0.05) is 0 Å². The van der Waals surface area contributed by atoms with Crippen molar-refractivity contribution in [1.29, 1.82) is 0 Å². The fraction of sp³-hybridized carbons (Fsp3) is 0.778. The monoisotopic (exact) mass is 215 g/mol. The summed E-state index contributed by atoms with van der Waals surface area (Å²) >= 11 is 0. The van der Waals surface area contributed by atoms with E-state index in [1.165, 1.54) is 4.90 Å².